The minimum absolute atomic E-state index is 0.0630. The fourth-order valence-corrected chi connectivity index (χ4v) is 1.84. The molecule has 0 spiro atoms. The fourth-order valence-electron chi connectivity index (χ4n) is 1.62. The van der Waals surface area contributed by atoms with Gasteiger partial charge in [0, 0.05) is 17.8 Å². The van der Waals surface area contributed by atoms with Gasteiger partial charge in [0.2, 0.25) is 11.8 Å². The molecule has 1 unspecified atom stereocenters. The lowest BCUT2D eigenvalue weighted by Gasteiger charge is -2.24. The smallest absolute Gasteiger partial charge is 0.246 e. The highest BCUT2D eigenvalue weighted by atomic mass is 32.2. The summed E-state index contributed by atoms with van der Waals surface area (Å²) in [7, 11) is 0. The summed E-state index contributed by atoms with van der Waals surface area (Å²) < 4.78 is 0.0863. The number of carbonyl (C=O) groups is 2. The molecule has 1 atom stereocenters. The van der Waals surface area contributed by atoms with Crippen LogP contribution >= 0.6 is 11.8 Å². The van der Waals surface area contributed by atoms with Crippen molar-refractivity contribution in [3.63, 3.8) is 0 Å². The molecule has 0 aromatic rings. The number of likely N-dealkylation sites (N-methyl/N-ethyl adjacent to an activating group) is 1. The predicted molar refractivity (Wildman–Crippen MR) is 66.4 cm³/mol. The number of likely N-dealkylation sites (tertiary alicyclic amines) is 1. The second-order valence-electron chi connectivity index (χ2n) is 4.58. The van der Waals surface area contributed by atoms with Crippen LogP contribution in [0.25, 0.3) is 0 Å². The molecule has 1 N–H and O–H groups in total. The molecule has 1 saturated heterocycles. The van der Waals surface area contributed by atoms with Crippen molar-refractivity contribution in [3.8, 4) is 0 Å². The summed E-state index contributed by atoms with van der Waals surface area (Å²) in [5.74, 6) is -0.142. The van der Waals surface area contributed by atoms with Crippen LogP contribution in [-0.4, -0.2) is 46.8 Å². The number of imide groups is 1. The Kier molecular flexibility index (Phi) is 4.38. The average molecular weight is 244 g/mol. The quantitative estimate of drug-likeness (QED) is 0.729. The fraction of sp³-hybridized carbons (Fsp3) is 0.818. The van der Waals surface area contributed by atoms with E-state index in [2.05, 4.69) is 19.2 Å². The zero-order chi connectivity index (χ0) is 12.3. The summed E-state index contributed by atoms with van der Waals surface area (Å²) in [5.41, 5.74) is 0. The number of nitrogens with one attached hydrogen (secondary N) is 1. The van der Waals surface area contributed by atoms with Crippen LogP contribution in [-0.2, 0) is 9.59 Å². The van der Waals surface area contributed by atoms with Gasteiger partial charge in [0.1, 0.15) is 0 Å². The summed E-state index contributed by atoms with van der Waals surface area (Å²) in [6.07, 6.45) is 2.35. The number of rotatable bonds is 5. The van der Waals surface area contributed by atoms with Gasteiger partial charge in [-0.1, -0.05) is 0 Å². The molecular formula is C11H20N2O2S. The van der Waals surface area contributed by atoms with Crippen LogP contribution in [0.2, 0.25) is 0 Å². The topological polar surface area (TPSA) is 49.4 Å². The van der Waals surface area contributed by atoms with Crippen molar-refractivity contribution >= 4 is 23.6 Å². The summed E-state index contributed by atoms with van der Waals surface area (Å²) in [6, 6.07) is -0.320. The van der Waals surface area contributed by atoms with Crippen LogP contribution in [0.4, 0.5) is 0 Å². The molecule has 0 saturated carbocycles. The molecule has 5 heteroatoms. The summed E-state index contributed by atoms with van der Waals surface area (Å²) in [4.78, 5) is 24.6. The predicted octanol–water partition coefficient (Wildman–Crippen LogP) is 0.865. The highest BCUT2D eigenvalue weighted by Gasteiger charge is 2.37. The zero-order valence-corrected chi connectivity index (χ0v) is 11.2. The van der Waals surface area contributed by atoms with Crippen LogP contribution in [0.1, 0.15) is 27.2 Å². The van der Waals surface area contributed by atoms with E-state index in [1.165, 1.54) is 4.90 Å². The average Bonchev–Trinajstić information content (AvgIpc) is 2.51. The third kappa shape index (κ3) is 2.98. The van der Waals surface area contributed by atoms with E-state index in [4.69, 9.17) is 0 Å². The summed E-state index contributed by atoms with van der Waals surface area (Å²) >= 11 is 1.75. The standard InChI is InChI=1S/C11H20N2O2S/c1-5-13-9(14)6-8(10(13)15)12-7-11(2,3)16-4/h8,12H,5-7H2,1-4H3. The molecule has 2 amide bonds. The first-order chi connectivity index (χ1) is 7.41. The molecule has 4 nitrogen and oxygen atoms in total. The van der Waals surface area contributed by atoms with E-state index >= 15 is 0 Å². The van der Waals surface area contributed by atoms with Gasteiger partial charge in [-0.15, -0.1) is 0 Å². The second kappa shape index (κ2) is 5.19. The largest absolute Gasteiger partial charge is 0.304 e. The van der Waals surface area contributed by atoms with E-state index < -0.39 is 0 Å². The molecule has 0 bridgehead atoms. The molecule has 1 aliphatic heterocycles. The lowest BCUT2D eigenvalue weighted by atomic mass is 10.1. The molecule has 0 aromatic heterocycles. The summed E-state index contributed by atoms with van der Waals surface area (Å²) in [5, 5.41) is 3.18. The first kappa shape index (κ1) is 13.5. The Morgan fingerprint density at radius 3 is 2.56 bits per heavy atom. The van der Waals surface area contributed by atoms with Gasteiger partial charge in [0.05, 0.1) is 12.5 Å². The zero-order valence-electron chi connectivity index (χ0n) is 10.4. The van der Waals surface area contributed by atoms with E-state index in [-0.39, 0.29) is 22.6 Å². The van der Waals surface area contributed by atoms with Gasteiger partial charge in [-0.25, -0.2) is 0 Å². The molecule has 0 aromatic carbocycles. The van der Waals surface area contributed by atoms with Gasteiger partial charge in [0.15, 0.2) is 0 Å². The highest BCUT2D eigenvalue weighted by Crippen LogP contribution is 2.21. The van der Waals surface area contributed by atoms with Crippen LogP contribution in [0.5, 0.6) is 0 Å². The number of hydrogen-bond donors (Lipinski definition) is 1. The Bertz CT molecular complexity index is 292. The number of amides is 2. The number of hydrogen-bond acceptors (Lipinski definition) is 4. The van der Waals surface area contributed by atoms with Crippen LogP contribution < -0.4 is 5.32 Å². The highest BCUT2D eigenvalue weighted by molar-refractivity contribution is 7.99. The van der Waals surface area contributed by atoms with Crippen LogP contribution in [0.3, 0.4) is 0 Å². The van der Waals surface area contributed by atoms with Crippen molar-refractivity contribution in [3.05, 3.63) is 0 Å². The van der Waals surface area contributed by atoms with Crippen molar-refractivity contribution in [1.29, 1.82) is 0 Å². The maximum Gasteiger partial charge on any atom is 0.246 e. The van der Waals surface area contributed by atoms with Crippen LogP contribution in [0, 0.1) is 0 Å². The van der Waals surface area contributed by atoms with E-state index in [1.54, 1.807) is 11.8 Å². The number of nitrogens with zero attached hydrogens (tertiary/aromatic N) is 1. The molecule has 1 heterocycles. The van der Waals surface area contributed by atoms with Crippen LogP contribution in [0.15, 0.2) is 0 Å². The third-order valence-corrected chi connectivity index (χ3v) is 4.14. The molecule has 0 aliphatic carbocycles. The minimum atomic E-state index is -0.320. The van der Waals surface area contributed by atoms with E-state index in [0.29, 0.717) is 13.0 Å². The Morgan fingerprint density at radius 2 is 2.12 bits per heavy atom. The normalized spacial score (nSPS) is 22.0. The number of carbonyl (C=O) groups excluding carboxylic acids is 2. The maximum absolute atomic E-state index is 11.8. The van der Waals surface area contributed by atoms with Gasteiger partial charge in [0.25, 0.3) is 0 Å². The number of thioether (sulfide) groups is 1. The van der Waals surface area contributed by atoms with Gasteiger partial charge in [-0.05, 0) is 27.0 Å². The first-order valence-electron chi connectivity index (χ1n) is 5.54. The Hall–Kier alpha value is -0.550. The van der Waals surface area contributed by atoms with Crippen molar-refractivity contribution in [1.82, 2.24) is 10.2 Å². The van der Waals surface area contributed by atoms with Crippen molar-refractivity contribution < 1.29 is 9.59 Å². The van der Waals surface area contributed by atoms with Gasteiger partial charge >= 0.3 is 0 Å². The first-order valence-corrected chi connectivity index (χ1v) is 6.76. The molecule has 1 rings (SSSR count). The molecule has 1 fully saturated rings. The molecule has 16 heavy (non-hydrogen) atoms. The monoisotopic (exact) mass is 244 g/mol. The van der Waals surface area contributed by atoms with Gasteiger partial charge in [-0.2, -0.15) is 11.8 Å². The van der Waals surface area contributed by atoms with E-state index in [0.717, 1.165) is 6.54 Å². The Labute approximate surface area is 101 Å². The lowest BCUT2D eigenvalue weighted by Crippen LogP contribution is -2.43. The Balaban J connectivity index is 2.52. The molecule has 0 radical (unpaired) electrons. The van der Waals surface area contributed by atoms with Gasteiger partial charge < -0.3 is 5.32 Å². The third-order valence-electron chi connectivity index (χ3n) is 2.89. The van der Waals surface area contributed by atoms with Crippen molar-refractivity contribution in [2.24, 2.45) is 0 Å². The van der Waals surface area contributed by atoms with Crippen molar-refractivity contribution in [2.45, 2.75) is 38.0 Å². The van der Waals surface area contributed by atoms with Gasteiger partial charge in [-0.3, -0.25) is 14.5 Å². The maximum atomic E-state index is 11.8. The Morgan fingerprint density at radius 1 is 1.50 bits per heavy atom. The van der Waals surface area contributed by atoms with E-state index in [1.807, 2.05) is 13.2 Å². The molecule has 1 aliphatic rings. The second-order valence-corrected chi connectivity index (χ2v) is 6.09. The van der Waals surface area contributed by atoms with Crippen molar-refractivity contribution in [2.75, 3.05) is 19.3 Å². The summed E-state index contributed by atoms with van der Waals surface area (Å²) in [6.45, 7) is 7.26. The lowest BCUT2D eigenvalue weighted by molar-refractivity contribution is -0.138. The van der Waals surface area contributed by atoms with E-state index in [9.17, 15) is 9.59 Å². The minimum Gasteiger partial charge on any atom is -0.304 e. The SMILES string of the molecule is CCN1C(=O)CC(NCC(C)(C)SC)C1=O. The molecular weight excluding hydrogens is 224 g/mol. The molecule has 92 valence electrons.